The van der Waals surface area contributed by atoms with Crippen LogP contribution in [0.2, 0.25) is 0 Å². The van der Waals surface area contributed by atoms with E-state index in [9.17, 15) is 0 Å². The van der Waals surface area contributed by atoms with Gasteiger partial charge in [0.15, 0.2) is 0 Å². The summed E-state index contributed by atoms with van der Waals surface area (Å²) in [5, 5.41) is 3.94. The number of hydrogen-bond acceptors (Lipinski definition) is 4. The van der Waals surface area contributed by atoms with Crippen molar-refractivity contribution in [3.05, 3.63) is 0 Å². The highest BCUT2D eigenvalue weighted by Gasteiger charge is 2.31. The molecule has 3 atom stereocenters. The van der Waals surface area contributed by atoms with E-state index in [4.69, 9.17) is 9.47 Å². The molecule has 1 aliphatic carbocycles. The maximum Gasteiger partial charge on any atom is 0.0589 e. The number of rotatable bonds is 9. The van der Waals surface area contributed by atoms with Gasteiger partial charge >= 0.3 is 0 Å². The van der Waals surface area contributed by atoms with Crippen molar-refractivity contribution in [3.8, 4) is 0 Å². The van der Waals surface area contributed by atoms with Crippen molar-refractivity contribution in [2.45, 2.75) is 57.0 Å². The second-order valence-corrected chi connectivity index (χ2v) is 6.73. The second kappa shape index (κ2) is 9.78. The lowest BCUT2D eigenvalue weighted by Crippen LogP contribution is -2.53. The lowest BCUT2D eigenvalue weighted by atomic mass is 9.78. The van der Waals surface area contributed by atoms with Crippen molar-refractivity contribution in [2.75, 3.05) is 47.1 Å². The Balaban J connectivity index is 1.75. The molecule has 4 heteroatoms. The number of methoxy groups -OCH3 is 2. The molecule has 0 spiro atoms. The maximum atomic E-state index is 5.26. The van der Waals surface area contributed by atoms with E-state index in [-0.39, 0.29) is 0 Å². The zero-order valence-corrected chi connectivity index (χ0v) is 14.0. The Morgan fingerprint density at radius 2 is 1.76 bits per heavy atom. The van der Waals surface area contributed by atoms with Crippen molar-refractivity contribution in [1.82, 2.24) is 10.2 Å². The highest BCUT2D eigenvalue weighted by molar-refractivity contribution is 4.90. The van der Waals surface area contributed by atoms with Crippen LogP contribution in [0, 0.1) is 5.92 Å². The molecule has 2 rings (SSSR count). The minimum atomic E-state index is 0.670. The van der Waals surface area contributed by atoms with Crippen molar-refractivity contribution in [3.63, 3.8) is 0 Å². The van der Waals surface area contributed by atoms with Gasteiger partial charge in [-0.25, -0.2) is 0 Å². The first-order chi connectivity index (χ1) is 10.3. The number of hydrogen-bond donors (Lipinski definition) is 1. The molecule has 0 aromatic rings. The predicted molar refractivity (Wildman–Crippen MR) is 86.7 cm³/mol. The summed E-state index contributed by atoms with van der Waals surface area (Å²) < 4.78 is 10.4. The topological polar surface area (TPSA) is 33.7 Å². The number of nitrogens with zero attached hydrogens (tertiary/aromatic N) is 1. The molecule has 4 nitrogen and oxygen atoms in total. The average molecular weight is 298 g/mol. The van der Waals surface area contributed by atoms with Crippen LogP contribution in [0.1, 0.15) is 44.9 Å². The van der Waals surface area contributed by atoms with Crippen LogP contribution in [0.3, 0.4) is 0 Å². The lowest BCUT2D eigenvalue weighted by molar-refractivity contribution is 0.107. The van der Waals surface area contributed by atoms with Gasteiger partial charge < -0.3 is 14.8 Å². The Morgan fingerprint density at radius 1 is 0.952 bits per heavy atom. The zero-order valence-electron chi connectivity index (χ0n) is 14.0. The maximum absolute atomic E-state index is 5.26. The number of piperidine rings is 1. The quantitative estimate of drug-likeness (QED) is 0.662. The normalized spacial score (nSPS) is 29.6. The van der Waals surface area contributed by atoms with E-state index in [0.29, 0.717) is 6.04 Å². The fraction of sp³-hybridized carbons (Fsp3) is 1.00. The Labute approximate surface area is 130 Å². The third kappa shape index (κ3) is 5.85. The molecule has 0 aromatic carbocycles. The van der Waals surface area contributed by atoms with Gasteiger partial charge in [0.1, 0.15) is 0 Å². The summed E-state index contributed by atoms with van der Waals surface area (Å²) >= 11 is 0. The molecule has 124 valence electrons. The summed E-state index contributed by atoms with van der Waals surface area (Å²) in [4.78, 5) is 2.54. The summed E-state index contributed by atoms with van der Waals surface area (Å²) in [5.74, 6) is 0.955. The minimum absolute atomic E-state index is 0.670. The molecular weight excluding hydrogens is 264 g/mol. The van der Waals surface area contributed by atoms with Crippen LogP contribution >= 0.6 is 0 Å². The largest absolute Gasteiger partial charge is 0.385 e. The summed E-state index contributed by atoms with van der Waals surface area (Å²) in [5.41, 5.74) is 0. The molecule has 0 amide bonds. The molecular formula is C17H34N2O2. The van der Waals surface area contributed by atoms with Crippen LogP contribution in [-0.4, -0.2) is 64.1 Å². The molecule has 1 aliphatic heterocycles. The van der Waals surface area contributed by atoms with Gasteiger partial charge in [-0.2, -0.15) is 0 Å². The zero-order chi connectivity index (χ0) is 14.9. The third-order valence-electron chi connectivity index (χ3n) is 5.16. The predicted octanol–water partition coefficient (Wildman–Crippen LogP) is 2.28. The van der Waals surface area contributed by atoms with Gasteiger partial charge in [-0.1, -0.05) is 12.8 Å². The molecule has 21 heavy (non-hydrogen) atoms. The molecule has 2 fully saturated rings. The minimum Gasteiger partial charge on any atom is -0.385 e. The van der Waals surface area contributed by atoms with Crippen LogP contribution in [-0.2, 0) is 9.47 Å². The first-order valence-electron chi connectivity index (χ1n) is 8.79. The Morgan fingerprint density at radius 3 is 2.57 bits per heavy atom. The molecule has 1 saturated carbocycles. The van der Waals surface area contributed by atoms with Crippen LogP contribution < -0.4 is 5.32 Å². The van der Waals surface area contributed by atoms with Gasteiger partial charge in [0.2, 0.25) is 0 Å². The highest BCUT2D eigenvalue weighted by atomic mass is 16.5. The smallest absolute Gasteiger partial charge is 0.0589 e. The lowest BCUT2D eigenvalue weighted by Gasteiger charge is -2.42. The molecule has 3 unspecified atom stereocenters. The van der Waals surface area contributed by atoms with Crippen molar-refractivity contribution in [1.29, 1.82) is 0 Å². The van der Waals surface area contributed by atoms with Crippen molar-refractivity contribution < 1.29 is 9.47 Å². The molecule has 2 aliphatic rings. The second-order valence-electron chi connectivity index (χ2n) is 6.73. The van der Waals surface area contributed by atoms with E-state index in [1.807, 2.05) is 0 Å². The van der Waals surface area contributed by atoms with E-state index in [1.165, 1.54) is 38.5 Å². The fourth-order valence-electron chi connectivity index (χ4n) is 3.98. The van der Waals surface area contributed by atoms with Crippen LogP contribution in [0.4, 0.5) is 0 Å². The monoisotopic (exact) mass is 298 g/mol. The Hall–Kier alpha value is -0.160. The van der Waals surface area contributed by atoms with Gasteiger partial charge in [0, 0.05) is 52.5 Å². The van der Waals surface area contributed by atoms with E-state index < -0.39 is 0 Å². The van der Waals surface area contributed by atoms with Gasteiger partial charge in [0.05, 0.1) is 6.61 Å². The van der Waals surface area contributed by atoms with E-state index in [2.05, 4.69) is 10.2 Å². The van der Waals surface area contributed by atoms with Gasteiger partial charge in [-0.3, -0.25) is 4.90 Å². The highest BCUT2D eigenvalue weighted by Crippen LogP contribution is 2.32. The van der Waals surface area contributed by atoms with E-state index in [0.717, 1.165) is 51.2 Å². The van der Waals surface area contributed by atoms with Gasteiger partial charge in [-0.05, 0) is 38.0 Å². The summed E-state index contributed by atoms with van der Waals surface area (Å²) in [6, 6.07) is 1.46. The summed E-state index contributed by atoms with van der Waals surface area (Å²) in [6.45, 7) is 4.99. The molecule has 0 radical (unpaired) electrons. The molecule has 1 heterocycles. The molecule has 1 saturated heterocycles. The van der Waals surface area contributed by atoms with Gasteiger partial charge in [-0.15, -0.1) is 0 Å². The summed E-state index contributed by atoms with van der Waals surface area (Å²) in [6.07, 6.45) is 9.59. The first-order valence-corrected chi connectivity index (χ1v) is 8.79. The SMILES string of the molecule is COCCCN(CCOC)CC1CCC2CCCCC2N1. The van der Waals surface area contributed by atoms with E-state index in [1.54, 1.807) is 14.2 Å². The van der Waals surface area contributed by atoms with Crippen molar-refractivity contribution >= 4 is 0 Å². The molecule has 1 N–H and O–H groups in total. The third-order valence-corrected chi connectivity index (χ3v) is 5.16. The number of nitrogens with one attached hydrogen (secondary N) is 1. The van der Waals surface area contributed by atoms with Crippen LogP contribution in [0.5, 0.6) is 0 Å². The molecule has 0 aromatic heterocycles. The average Bonchev–Trinajstić information content (AvgIpc) is 2.52. The first kappa shape index (κ1) is 17.2. The number of fused-ring (bicyclic) bond motifs is 1. The standard InChI is InChI=1S/C17H34N2O2/c1-20-12-5-10-19(11-13-21-2)14-16-9-8-15-6-3-4-7-17(15)18-16/h15-18H,3-14H2,1-2H3. The van der Waals surface area contributed by atoms with Crippen LogP contribution in [0.25, 0.3) is 0 Å². The Kier molecular flexibility index (Phi) is 8.01. The fourth-order valence-corrected chi connectivity index (χ4v) is 3.98. The molecule has 0 bridgehead atoms. The van der Waals surface area contributed by atoms with E-state index >= 15 is 0 Å². The number of ether oxygens (including phenoxy) is 2. The van der Waals surface area contributed by atoms with Crippen molar-refractivity contribution in [2.24, 2.45) is 5.92 Å². The van der Waals surface area contributed by atoms with Gasteiger partial charge in [0.25, 0.3) is 0 Å². The summed E-state index contributed by atoms with van der Waals surface area (Å²) in [7, 11) is 3.57. The Bertz CT molecular complexity index is 274. The van der Waals surface area contributed by atoms with Crippen LogP contribution in [0.15, 0.2) is 0 Å².